The molecule has 1 aromatic carbocycles. The van der Waals surface area contributed by atoms with Gasteiger partial charge in [0.25, 0.3) is 0 Å². The molecule has 15 heavy (non-hydrogen) atoms. The van der Waals surface area contributed by atoms with E-state index in [1.165, 1.54) is 6.07 Å². The molecule has 0 atom stereocenters. The fourth-order valence-corrected chi connectivity index (χ4v) is 1.18. The second-order valence-electron chi connectivity index (χ2n) is 2.50. The third kappa shape index (κ3) is 3.46. The molecule has 0 unspecified atom stereocenters. The van der Waals surface area contributed by atoms with Crippen LogP contribution in [0.15, 0.2) is 27.7 Å². The summed E-state index contributed by atoms with van der Waals surface area (Å²) >= 11 is 7.84. The van der Waals surface area contributed by atoms with Gasteiger partial charge in [-0.25, -0.2) is 9.38 Å². The fourth-order valence-electron chi connectivity index (χ4n) is 0.741. The molecule has 1 aromatic rings. The van der Waals surface area contributed by atoms with Crippen molar-refractivity contribution < 1.29 is 17.6 Å². The molecule has 0 aliphatic heterocycles. The second kappa shape index (κ2) is 4.49. The molecule has 0 aromatic heterocycles. The van der Waals surface area contributed by atoms with Crippen LogP contribution >= 0.6 is 27.5 Å². The maximum absolute atomic E-state index is 13.0. The molecule has 0 bridgehead atoms. The molecule has 0 amide bonds. The van der Waals surface area contributed by atoms with E-state index >= 15 is 0 Å². The van der Waals surface area contributed by atoms with Gasteiger partial charge in [0.2, 0.25) is 5.17 Å². The smallest absolute Gasteiger partial charge is 0.229 e. The van der Waals surface area contributed by atoms with Crippen molar-refractivity contribution in [1.82, 2.24) is 0 Å². The lowest BCUT2D eigenvalue weighted by Gasteiger charge is -2.03. The van der Waals surface area contributed by atoms with Crippen LogP contribution < -0.4 is 0 Å². The average Bonchev–Trinajstić information content (AvgIpc) is 2.09. The third-order valence-corrected chi connectivity index (χ3v) is 2.15. The number of alkyl halides is 3. The van der Waals surface area contributed by atoms with Gasteiger partial charge in [0.1, 0.15) is 11.5 Å². The van der Waals surface area contributed by atoms with Gasteiger partial charge in [0, 0.05) is 4.47 Å². The third-order valence-electron chi connectivity index (χ3n) is 1.36. The van der Waals surface area contributed by atoms with E-state index in [2.05, 4.69) is 20.9 Å². The maximum Gasteiger partial charge on any atom is 0.444 e. The van der Waals surface area contributed by atoms with E-state index in [4.69, 9.17) is 11.6 Å². The Labute approximate surface area is 95.9 Å². The topological polar surface area (TPSA) is 12.4 Å². The lowest BCUT2D eigenvalue weighted by atomic mass is 10.3. The van der Waals surface area contributed by atoms with E-state index in [0.717, 1.165) is 12.1 Å². The largest absolute Gasteiger partial charge is 0.444 e. The van der Waals surface area contributed by atoms with Crippen LogP contribution in [0.3, 0.4) is 0 Å². The van der Waals surface area contributed by atoms with Gasteiger partial charge >= 0.3 is 6.18 Å². The van der Waals surface area contributed by atoms with Crippen molar-refractivity contribution in [3.8, 4) is 0 Å². The van der Waals surface area contributed by atoms with Crippen molar-refractivity contribution >= 4 is 38.4 Å². The highest BCUT2D eigenvalue weighted by molar-refractivity contribution is 9.10. The van der Waals surface area contributed by atoms with E-state index < -0.39 is 22.9 Å². The highest BCUT2D eigenvalue weighted by Crippen LogP contribution is 2.27. The van der Waals surface area contributed by atoms with Crippen LogP contribution in [0, 0.1) is 5.82 Å². The van der Waals surface area contributed by atoms with Crippen LogP contribution in [0.4, 0.5) is 23.2 Å². The van der Waals surface area contributed by atoms with Gasteiger partial charge in [-0.15, -0.1) is 0 Å². The zero-order valence-electron chi connectivity index (χ0n) is 6.95. The molecule has 0 radical (unpaired) electrons. The molecule has 1 nitrogen and oxygen atoms in total. The van der Waals surface area contributed by atoms with E-state index in [9.17, 15) is 17.6 Å². The first-order valence-corrected chi connectivity index (χ1v) is 4.74. The van der Waals surface area contributed by atoms with Crippen LogP contribution in [-0.2, 0) is 0 Å². The summed E-state index contributed by atoms with van der Waals surface area (Å²) in [5.41, 5.74) is -0.466. The first kappa shape index (κ1) is 12.4. The molecule has 0 aliphatic carbocycles. The summed E-state index contributed by atoms with van der Waals surface area (Å²) in [6.45, 7) is 0. The van der Waals surface area contributed by atoms with Gasteiger partial charge in [-0.05, 0) is 18.2 Å². The number of aliphatic imine (C=N–C) groups is 1. The van der Waals surface area contributed by atoms with Crippen molar-refractivity contribution in [2.45, 2.75) is 6.18 Å². The minimum absolute atomic E-state index is 0.411. The molecule has 0 fully saturated rings. The van der Waals surface area contributed by atoms with Gasteiger partial charge in [-0.3, -0.25) is 0 Å². The molecule has 0 saturated carbocycles. The molecule has 0 aliphatic rings. The molecule has 0 heterocycles. The van der Waals surface area contributed by atoms with Gasteiger partial charge < -0.3 is 0 Å². The number of benzene rings is 1. The fraction of sp³-hybridized carbons (Fsp3) is 0.125. The first-order chi connectivity index (χ1) is 6.80. The Morgan fingerprint density at radius 3 is 2.47 bits per heavy atom. The molecule has 7 heteroatoms. The van der Waals surface area contributed by atoms with Crippen LogP contribution in [0.2, 0.25) is 0 Å². The number of halogens is 6. The molecular weight excluding hydrogens is 301 g/mol. The van der Waals surface area contributed by atoms with Gasteiger partial charge in [-0.2, -0.15) is 13.2 Å². The summed E-state index contributed by atoms with van der Waals surface area (Å²) in [6, 6.07) is 3.43. The Kier molecular flexibility index (Phi) is 3.72. The van der Waals surface area contributed by atoms with E-state index in [1.807, 2.05) is 0 Å². The van der Waals surface area contributed by atoms with Crippen molar-refractivity contribution in [1.29, 1.82) is 0 Å². The Balaban J connectivity index is 3.13. The Morgan fingerprint density at radius 1 is 1.33 bits per heavy atom. The Bertz CT molecular complexity index is 402. The summed E-state index contributed by atoms with van der Waals surface area (Å²) < 4.78 is 49.3. The standard InChI is InChI=1S/C8H3BrClF4N/c9-4-1-2-5(11)6(3-4)15-7(10)8(12,13)14/h1-3H. The monoisotopic (exact) mass is 303 g/mol. The number of rotatable bonds is 1. The summed E-state index contributed by atoms with van der Waals surface area (Å²) in [4.78, 5) is 2.94. The second-order valence-corrected chi connectivity index (χ2v) is 3.77. The van der Waals surface area contributed by atoms with Crippen molar-refractivity contribution in [3.63, 3.8) is 0 Å². The van der Waals surface area contributed by atoms with E-state index in [1.54, 1.807) is 0 Å². The van der Waals surface area contributed by atoms with Gasteiger partial charge in [0.15, 0.2) is 0 Å². The molecular formula is C8H3BrClF4N. The van der Waals surface area contributed by atoms with Crippen LogP contribution in [0.5, 0.6) is 0 Å². The summed E-state index contributed by atoms with van der Waals surface area (Å²) in [7, 11) is 0. The molecule has 82 valence electrons. The maximum atomic E-state index is 13.0. The zero-order chi connectivity index (χ0) is 11.6. The highest BCUT2D eigenvalue weighted by Gasteiger charge is 2.34. The summed E-state index contributed by atoms with van der Waals surface area (Å²) in [6.07, 6.45) is -4.77. The van der Waals surface area contributed by atoms with Gasteiger partial charge in [0.05, 0.1) is 0 Å². The number of hydrogen-bond donors (Lipinski definition) is 0. The predicted octanol–water partition coefficient (Wildman–Crippen LogP) is 4.42. The molecule has 1 rings (SSSR count). The minimum Gasteiger partial charge on any atom is -0.229 e. The van der Waals surface area contributed by atoms with Crippen molar-refractivity contribution in [3.05, 3.63) is 28.5 Å². The molecule has 0 spiro atoms. The minimum atomic E-state index is -4.77. The lowest BCUT2D eigenvalue weighted by Crippen LogP contribution is -2.16. The molecule has 0 saturated heterocycles. The summed E-state index contributed by atoms with van der Waals surface area (Å²) in [5, 5.41) is -1.61. The van der Waals surface area contributed by atoms with Crippen LogP contribution in [0.1, 0.15) is 0 Å². The zero-order valence-corrected chi connectivity index (χ0v) is 9.29. The van der Waals surface area contributed by atoms with E-state index in [0.29, 0.717) is 4.47 Å². The average molecular weight is 304 g/mol. The highest BCUT2D eigenvalue weighted by atomic mass is 79.9. The normalized spacial score (nSPS) is 13.1. The van der Waals surface area contributed by atoms with Crippen molar-refractivity contribution in [2.24, 2.45) is 4.99 Å². The summed E-state index contributed by atoms with van der Waals surface area (Å²) in [5.74, 6) is -0.874. The van der Waals surface area contributed by atoms with Crippen LogP contribution in [-0.4, -0.2) is 11.3 Å². The Hall–Kier alpha value is -0.620. The predicted molar refractivity (Wildman–Crippen MR) is 53.1 cm³/mol. The lowest BCUT2D eigenvalue weighted by molar-refractivity contribution is -0.0558. The quantitative estimate of drug-likeness (QED) is 0.538. The SMILES string of the molecule is Fc1ccc(Br)cc1N=C(Cl)C(F)(F)F. The van der Waals surface area contributed by atoms with E-state index in [-0.39, 0.29) is 0 Å². The Morgan fingerprint density at radius 2 is 1.93 bits per heavy atom. The van der Waals surface area contributed by atoms with Crippen LogP contribution in [0.25, 0.3) is 0 Å². The van der Waals surface area contributed by atoms with Crippen molar-refractivity contribution in [2.75, 3.05) is 0 Å². The van der Waals surface area contributed by atoms with Gasteiger partial charge in [-0.1, -0.05) is 27.5 Å². The first-order valence-electron chi connectivity index (χ1n) is 3.57. The number of hydrogen-bond acceptors (Lipinski definition) is 1. The molecule has 0 N–H and O–H groups in total. The number of nitrogens with zero attached hydrogens (tertiary/aromatic N) is 1.